The largest absolute Gasteiger partial charge is 0.356 e. The lowest BCUT2D eigenvalue weighted by Crippen LogP contribution is -2.53. The van der Waals surface area contributed by atoms with Crippen LogP contribution in [0.2, 0.25) is 0 Å². The van der Waals surface area contributed by atoms with E-state index in [2.05, 4.69) is 62.3 Å². The highest BCUT2D eigenvalue weighted by Crippen LogP contribution is 2.38. The van der Waals surface area contributed by atoms with Crippen LogP contribution in [-0.2, 0) is 0 Å². The molecule has 220 valence electrons. The van der Waals surface area contributed by atoms with Crippen molar-refractivity contribution < 1.29 is 4.79 Å². The Morgan fingerprint density at radius 1 is 0.952 bits per heavy atom. The summed E-state index contributed by atoms with van der Waals surface area (Å²) in [5.74, 6) is 3.04. The number of piperazine rings is 1. The fourth-order valence-electron chi connectivity index (χ4n) is 6.51. The van der Waals surface area contributed by atoms with Crippen LogP contribution in [0.25, 0.3) is 16.6 Å². The topological polar surface area (TPSA) is 98.0 Å². The van der Waals surface area contributed by atoms with Gasteiger partial charge in [-0.2, -0.15) is 9.61 Å². The molecule has 11 nitrogen and oxygen atoms in total. The average molecular weight is 569 g/mol. The van der Waals surface area contributed by atoms with Gasteiger partial charge in [0.1, 0.15) is 23.8 Å². The van der Waals surface area contributed by atoms with Crippen LogP contribution in [0.3, 0.4) is 0 Å². The minimum absolute atomic E-state index is 0.0111. The van der Waals surface area contributed by atoms with Crippen LogP contribution < -0.4 is 20.0 Å². The number of rotatable bonds is 5. The van der Waals surface area contributed by atoms with Gasteiger partial charge in [-0.1, -0.05) is 12.1 Å². The van der Waals surface area contributed by atoms with Gasteiger partial charge in [-0.25, -0.2) is 19.7 Å². The zero-order valence-corrected chi connectivity index (χ0v) is 24.8. The minimum Gasteiger partial charge on any atom is -0.356 e. The molecule has 0 saturated carbocycles. The number of hydrogen-bond acceptors (Lipinski definition) is 8. The van der Waals surface area contributed by atoms with E-state index in [0.29, 0.717) is 13.1 Å². The quantitative estimate of drug-likeness (QED) is 0.383. The van der Waals surface area contributed by atoms with Crippen molar-refractivity contribution in [1.82, 2.24) is 34.8 Å². The predicted molar refractivity (Wildman–Crippen MR) is 165 cm³/mol. The minimum atomic E-state index is 0.0111. The first-order chi connectivity index (χ1) is 20.5. The van der Waals surface area contributed by atoms with E-state index in [1.54, 1.807) is 6.33 Å². The first kappa shape index (κ1) is 26.7. The summed E-state index contributed by atoms with van der Waals surface area (Å²) < 4.78 is 2.03. The van der Waals surface area contributed by atoms with Crippen LogP contribution in [0, 0.1) is 6.92 Å². The number of anilines is 3. The average Bonchev–Trinajstić information content (AvgIpc) is 3.40. The number of urea groups is 1. The molecule has 3 saturated heterocycles. The Bertz CT molecular complexity index is 1600. The highest BCUT2D eigenvalue weighted by molar-refractivity contribution is 5.92. The van der Waals surface area contributed by atoms with Crippen molar-refractivity contribution in [2.45, 2.75) is 58.5 Å². The molecule has 1 atom stereocenters. The van der Waals surface area contributed by atoms with Gasteiger partial charge in [0, 0.05) is 69.4 Å². The summed E-state index contributed by atoms with van der Waals surface area (Å²) in [5, 5.41) is 9.39. The molecule has 1 N–H and O–H groups in total. The molecule has 1 unspecified atom stereocenters. The molecule has 11 heteroatoms. The number of carbonyl (C=O) groups is 1. The molecule has 0 aliphatic carbocycles. The van der Waals surface area contributed by atoms with Crippen LogP contribution in [0.5, 0.6) is 0 Å². The maximum absolute atomic E-state index is 12.6. The summed E-state index contributed by atoms with van der Waals surface area (Å²) in [6, 6.07) is 10.9. The number of hydrogen-bond donors (Lipinski definition) is 1. The summed E-state index contributed by atoms with van der Waals surface area (Å²) in [4.78, 5) is 36.1. The van der Waals surface area contributed by atoms with Crippen molar-refractivity contribution in [3.05, 3.63) is 47.9 Å². The van der Waals surface area contributed by atoms with Gasteiger partial charge in [0.25, 0.3) is 0 Å². The Hall–Kier alpha value is -4.15. The van der Waals surface area contributed by atoms with Crippen LogP contribution in [0.4, 0.5) is 22.2 Å². The maximum atomic E-state index is 12.6. The van der Waals surface area contributed by atoms with Crippen molar-refractivity contribution in [1.29, 1.82) is 0 Å². The van der Waals surface area contributed by atoms with Gasteiger partial charge < -0.3 is 24.9 Å². The summed E-state index contributed by atoms with van der Waals surface area (Å²) >= 11 is 0. The summed E-state index contributed by atoms with van der Waals surface area (Å²) in [5.41, 5.74) is 4.06. The lowest BCUT2D eigenvalue weighted by atomic mass is 9.98. The van der Waals surface area contributed by atoms with E-state index < -0.39 is 0 Å². The lowest BCUT2D eigenvalue weighted by molar-refractivity contribution is 0.191. The number of amides is 2. The first-order valence-corrected chi connectivity index (χ1v) is 15.4. The van der Waals surface area contributed by atoms with Crippen molar-refractivity contribution in [3.8, 4) is 0 Å². The third kappa shape index (κ3) is 4.84. The smallest absolute Gasteiger partial charge is 0.317 e. The van der Waals surface area contributed by atoms with E-state index in [4.69, 9.17) is 15.1 Å². The molecular weight excluding hydrogens is 528 g/mol. The van der Waals surface area contributed by atoms with E-state index >= 15 is 0 Å². The second kappa shape index (κ2) is 10.9. The van der Waals surface area contributed by atoms with E-state index in [0.717, 1.165) is 91.7 Å². The number of nitrogens with zero attached hydrogens (tertiary/aromatic N) is 9. The van der Waals surface area contributed by atoms with Gasteiger partial charge in [-0.05, 0) is 58.1 Å². The Kier molecular flexibility index (Phi) is 6.95. The fourth-order valence-corrected chi connectivity index (χ4v) is 6.51. The number of benzene rings is 1. The van der Waals surface area contributed by atoms with E-state index in [1.165, 1.54) is 12.0 Å². The molecule has 3 aromatic heterocycles. The molecule has 0 radical (unpaired) electrons. The van der Waals surface area contributed by atoms with Crippen molar-refractivity contribution in [3.63, 3.8) is 0 Å². The van der Waals surface area contributed by atoms with Crippen molar-refractivity contribution in [2.24, 2.45) is 0 Å². The summed E-state index contributed by atoms with van der Waals surface area (Å²) in [6.45, 7) is 12.0. The molecule has 6 heterocycles. The highest BCUT2D eigenvalue weighted by Gasteiger charge is 2.31. The zero-order chi connectivity index (χ0) is 28.8. The number of aromatic nitrogens is 5. The second-order valence-corrected chi connectivity index (χ2v) is 12.1. The third-order valence-corrected chi connectivity index (χ3v) is 8.86. The van der Waals surface area contributed by atoms with Gasteiger partial charge in [0.2, 0.25) is 0 Å². The number of carbonyl (C=O) groups excluding carboxylic acids is 1. The standard InChI is InChI=1S/C31H40N10O/c1-21(2)34-31(42)39-16-14-38(15-17-39)28-19-26(37-11-7-12-37)35-27-18-24(36-41(27)28)25-10-4-5-13-40(25)30-29-22(3)8-6-9-23(29)32-20-33-30/h6,8-9,18-21,25H,4-5,7,10-17H2,1-3H3,(H,34,42). The molecule has 7 rings (SSSR count). The fraction of sp³-hybridized carbons (Fsp3) is 0.516. The zero-order valence-electron chi connectivity index (χ0n) is 24.8. The van der Waals surface area contributed by atoms with Crippen LogP contribution in [0.1, 0.15) is 56.8 Å². The normalized spacial score (nSPS) is 19.6. The van der Waals surface area contributed by atoms with E-state index in [1.807, 2.05) is 23.3 Å². The van der Waals surface area contributed by atoms with Gasteiger partial charge >= 0.3 is 6.03 Å². The third-order valence-electron chi connectivity index (χ3n) is 8.86. The number of piperidine rings is 1. The number of fused-ring (bicyclic) bond motifs is 2. The Morgan fingerprint density at radius 3 is 2.55 bits per heavy atom. The summed E-state index contributed by atoms with van der Waals surface area (Å²) in [7, 11) is 0. The lowest BCUT2D eigenvalue weighted by Gasteiger charge is -2.37. The van der Waals surface area contributed by atoms with Gasteiger partial charge in [0.15, 0.2) is 5.65 Å². The molecular formula is C31H40N10O. The molecule has 3 fully saturated rings. The van der Waals surface area contributed by atoms with E-state index in [-0.39, 0.29) is 18.1 Å². The van der Waals surface area contributed by atoms with Gasteiger partial charge in [-0.3, -0.25) is 0 Å². The van der Waals surface area contributed by atoms with Crippen LogP contribution in [0.15, 0.2) is 36.7 Å². The number of nitrogens with one attached hydrogen (secondary N) is 1. The van der Waals surface area contributed by atoms with Crippen molar-refractivity contribution >= 4 is 40.0 Å². The Labute approximate surface area is 246 Å². The molecule has 3 aliphatic heterocycles. The monoisotopic (exact) mass is 568 g/mol. The molecule has 2 amide bonds. The maximum Gasteiger partial charge on any atom is 0.317 e. The summed E-state index contributed by atoms with van der Waals surface area (Å²) in [6.07, 6.45) is 6.17. The predicted octanol–water partition coefficient (Wildman–Crippen LogP) is 4.16. The van der Waals surface area contributed by atoms with Crippen molar-refractivity contribution in [2.75, 3.05) is 60.5 Å². The molecule has 3 aliphatic rings. The Morgan fingerprint density at radius 2 is 1.79 bits per heavy atom. The molecule has 0 spiro atoms. The van der Waals surface area contributed by atoms with Gasteiger partial charge in [-0.15, -0.1) is 0 Å². The van der Waals surface area contributed by atoms with Gasteiger partial charge in [0.05, 0.1) is 17.3 Å². The molecule has 42 heavy (non-hydrogen) atoms. The number of aryl methyl sites for hydroxylation is 1. The second-order valence-electron chi connectivity index (χ2n) is 12.1. The van der Waals surface area contributed by atoms with E-state index in [9.17, 15) is 4.79 Å². The molecule has 4 aromatic rings. The first-order valence-electron chi connectivity index (χ1n) is 15.4. The molecule has 0 bridgehead atoms. The SMILES string of the molecule is Cc1cccc2ncnc(N3CCCCC3c3cc4nc(N5CCC5)cc(N5CCN(C(=O)NC(C)C)CC5)n4n3)c12. The highest BCUT2D eigenvalue weighted by atomic mass is 16.2. The van der Waals surface area contributed by atoms with Crippen LogP contribution in [-0.4, -0.2) is 87.4 Å². The molecule has 1 aromatic carbocycles. The van der Waals surface area contributed by atoms with Crippen LogP contribution >= 0.6 is 0 Å². The Balaban J connectivity index is 1.24.